The maximum absolute atomic E-state index is 12.8. The van der Waals surface area contributed by atoms with Crippen LogP contribution in [-0.2, 0) is 9.05 Å². The van der Waals surface area contributed by atoms with Crippen LogP contribution in [0.1, 0.15) is 0 Å². The van der Waals surface area contributed by atoms with Gasteiger partial charge in [0.25, 0.3) is 14.7 Å². The van der Waals surface area contributed by atoms with Crippen LogP contribution in [0.15, 0.2) is 17.0 Å². The Hall–Kier alpha value is -0.920. The summed E-state index contributed by atoms with van der Waals surface area (Å²) in [5.74, 6) is -1.11. The molecule has 0 N–H and O–H groups in total. The van der Waals surface area contributed by atoms with Crippen LogP contribution in [0.3, 0.4) is 0 Å². The SMILES string of the molecule is O=[N+]([O-])c1cc(F)cc(S(=O)(=O)Cl)c1Cl. The van der Waals surface area contributed by atoms with Crippen molar-refractivity contribution >= 4 is 37.0 Å². The average Bonchev–Trinajstić information content (AvgIpc) is 2.06. The van der Waals surface area contributed by atoms with Crippen molar-refractivity contribution in [1.29, 1.82) is 0 Å². The van der Waals surface area contributed by atoms with Crippen LogP contribution in [0.2, 0.25) is 5.02 Å². The van der Waals surface area contributed by atoms with Gasteiger partial charge in [-0.2, -0.15) is 0 Å². The second kappa shape index (κ2) is 3.92. The van der Waals surface area contributed by atoms with E-state index in [1.807, 2.05) is 0 Å². The standard InChI is InChI=1S/C6H2Cl2FNO4S/c7-6-4(10(11)12)1-3(9)2-5(6)15(8,13)14/h1-2H. The van der Waals surface area contributed by atoms with Crippen molar-refractivity contribution in [2.45, 2.75) is 4.90 Å². The second-order valence-corrected chi connectivity index (χ2v) is 5.34. The van der Waals surface area contributed by atoms with Gasteiger partial charge in [0.15, 0.2) is 0 Å². The number of rotatable bonds is 2. The van der Waals surface area contributed by atoms with E-state index < -0.39 is 35.4 Å². The molecule has 0 bridgehead atoms. The zero-order chi connectivity index (χ0) is 11.8. The molecule has 0 radical (unpaired) electrons. The molecule has 0 aromatic heterocycles. The van der Waals surface area contributed by atoms with E-state index in [1.165, 1.54) is 0 Å². The Morgan fingerprint density at radius 2 is 1.93 bits per heavy atom. The Morgan fingerprint density at radius 3 is 2.33 bits per heavy atom. The Labute approximate surface area is 93.0 Å². The minimum atomic E-state index is -4.32. The number of hydrogen-bond donors (Lipinski definition) is 0. The van der Waals surface area contributed by atoms with Gasteiger partial charge < -0.3 is 0 Å². The number of nitrogens with zero attached hydrogens (tertiary/aromatic N) is 1. The maximum atomic E-state index is 12.8. The molecule has 5 nitrogen and oxygen atoms in total. The molecule has 0 aliphatic rings. The molecular weight excluding hydrogens is 272 g/mol. The molecule has 0 spiro atoms. The fourth-order valence-corrected chi connectivity index (χ4v) is 2.40. The fourth-order valence-electron chi connectivity index (χ4n) is 0.861. The molecule has 15 heavy (non-hydrogen) atoms. The lowest BCUT2D eigenvalue weighted by molar-refractivity contribution is -0.385. The summed E-state index contributed by atoms with van der Waals surface area (Å²) < 4.78 is 34.6. The Bertz CT molecular complexity index is 530. The normalized spacial score (nSPS) is 11.4. The molecule has 0 amide bonds. The van der Waals surface area contributed by atoms with Gasteiger partial charge in [-0.3, -0.25) is 10.1 Å². The van der Waals surface area contributed by atoms with Crippen LogP contribution >= 0.6 is 22.3 Å². The van der Waals surface area contributed by atoms with Gasteiger partial charge in [0.1, 0.15) is 15.7 Å². The third-order valence-corrected chi connectivity index (χ3v) is 3.30. The van der Waals surface area contributed by atoms with Crippen molar-refractivity contribution in [3.8, 4) is 0 Å². The minimum Gasteiger partial charge on any atom is -0.258 e. The molecule has 1 rings (SSSR count). The van der Waals surface area contributed by atoms with E-state index in [9.17, 15) is 22.9 Å². The van der Waals surface area contributed by atoms with Gasteiger partial charge in [-0.1, -0.05) is 11.6 Å². The average molecular weight is 274 g/mol. The number of hydrogen-bond acceptors (Lipinski definition) is 4. The third kappa shape index (κ3) is 2.55. The van der Waals surface area contributed by atoms with Gasteiger partial charge in [-0.05, 0) is 6.07 Å². The Kier molecular flexibility index (Phi) is 3.17. The van der Waals surface area contributed by atoms with E-state index >= 15 is 0 Å². The summed E-state index contributed by atoms with van der Waals surface area (Å²) in [5, 5.41) is 9.66. The lowest BCUT2D eigenvalue weighted by atomic mass is 10.3. The first-order valence-corrected chi connectivity index (χ1v) is 6.00. The van der Waals surface area contributed by atoms with Crippen LogP contribution in [0.5, 0.6) is 0 Å². The topological polar surface area (TPSA) is 77.3 Å². The first-order valence-electron chi connectivity index (χ1n) is 3.31. The lowest BCUT2D eigenvalue weighted by Gasteiger charge is -2.01. The van der Waals surface area contributed by atoms with Crippen molar-refractivity contribution in [2.24, 2.45) is 0 Å². The molecule has 9 heteroatoms. The van der Waals surface area contributed by atoms with Crippen molar-refractivity contribution in [3.63, 3.8) is 0 Å². The summed E-state index contributed by atoms with van der Waals surface area (Å²) in [4.78, 5) is 8.54. The molecule has 0 aliphatic heterocycles. The number of halogens is 3. The summed E-state index contributed by atoms with van der Waals surface area (Å²) in [7, 11) is 0.595. The van der Waals surface area contributed by atoms with Crippen molar-refractivity contribution in [1.82, 2.24) is 0 Å². The van der Waals surface area contributed by atoms with Crippen LogP contribution in [0, 0.1) is 15.9 Å². The smallest absolute Gasteiger partial charge is 0.258 e. The molecule has 0 atom stereocenters. The predicted molar refractivity (Wildman–Crippen MR) is 51.1 cm³/mol. The van der Waals surface area contributed by atoms with Crippen LogP contribution in [0.25, 0.3) is 0 Å². The maximum Gasteiger partial charge on any atom is 0.292 e. The molecule has 0 unspecified atom stereocenters. The molecular formula is C6H2Cl2FNO4S. The molecule has 1 aromatic rings. The van der Waals surface area contributed by atoms with Gasteiger partial charge >= 0.3 is 0 Å². The number of benzene rings is 1. The summed E-state index contributed by atoms with van der Waals surface area (Å²) >= 11 is 5.39. The first-order chi connectivity index (χ1) is 6.73. The van der Waals surface area contributed by atoms with Crippen molar-refractivity contribution in [3.05, 3.63) is 33.1 Å². The van der Waals surface area contributed by atoms with E-state index in [0.717, 1.165) is 0 Å². The molecule has 82 valence electrons. The largest absolute Gasteiger partial charge is 0.292 e. The second-order valence-electron chi connectivity index (χ2n) is 2.43. The van der Waals surface area contributed by atoms with Crippen molar-refractivity contribution < 1.29 is 17.7 Å². The van der Waals surface area contributed by atoms with Gasteiger partial charge in [-0.25, -0.2) is 12.8 Å². The van der Waals surface area contributed by atoms with Gasteiger partial charge in [-0.15, -0.1) is 0 Å². The Balaban J connectivity index is 3.63. The van der Waals surface area contributed by atoms with Gasteiger partial charge in [0.05, 0.1) is 11.0 Å². The Morgan fingerprint density at radius 1 is 1.40 bits per heavy atom. The summed E-state index contributed by atoms with van der Waals surface area (Å²) in [6, 6.07) is 1.02. The molecule has 0 aliphatic carbocycles. The molecule has 0 fully saturated rings. The highest BCUT2D eigenvalue weighted by Crippen LogP contribution is 2.33. The highest BCUT2D eigenvalue weighted by molar-refractivity contribution is 8.13. The summed E-state index contributed by atoms with van der Waals surface area (Å²) in [5.41, 5.74) is -0.851. The summed E-state index contributed by atoms with van der Waals surface area (Å²) in [6.45, 7) is 0. The predicted octanol–water partition coefficient (Wildman–Crippen LogP) is 2.31. The monoisotopic (exact) mass is 273 g/mol. The van der Waals surface area contributed by atoms with E-state index in [-0.39, 0.29) is 0 Å². The number of nitro groups is 1. The highest BCUT2D eigenvalue weighted by atomic mass is 35.7. The first kappa shape index (κ1) is 12.2. The quantitative estimate of drug-likeness (QED) is 0.471. The fraction of sp³-hybridized carbons (Fsp3) is 0. The van der Waals surface area contributed by atoms with Crippen LogP contribution in [-0.4, -0.2) is 13.3 Å². The lowest BCUT2D eigenvalue weighted by Crippen LogP contribution is -1.98. The van der Waals surface area contributed by atoms with Crippen molar-refractivity contribution in [2.75, 3.05) is 0 Å². The zero-order valence-corrected chi connectivity index (χ0v) is 9.11. The number of nitro benzene ring substituents is 1. The molecule has 1 aromatic carbocycles. The van der Waals surface area contributed by atoms with E-state index in [1.54, 1.807) is 0 Å². The van der Waals surface area contributed by atoms with E-state index in [0.29, 0.717) is 12.1 Å². The van der Waals surface area contributed by atoms with Crippen LogP contribution in [0.4, 0.5) is 10.1 Å². The summed E-state index contributed by atoms with van der Waals surface area (Å²) in [6.07, 6.45) is 0. The molecule has 0 heterocycles. The molecule has 0 saturated carbocycles. The minimum absolute atomic E-state index is 0.508. The third-order valence-electron chi connectivity index (χ3n) is 1.44. The van der Waals surface area contributed by atoms with Gasteiger partial charge in [0, 0.05) is 10.7 Å². The van der Waals surface area contributed by atoms with Crippen LogP contribution < -0.4 is 0 Å². The van der Waals surface area contributed by atoms with E-state index in [2.05, 4.69) is 0 Å². The van der Waals surface area contributed by atoms with E-state index in [4.69, 9.17) is 22.3 Å². The molecule has 0 saturated heterocycles. The van der Waals surface area contributed by atoms with Gasteiger partial charge in [0.2, 0.25) is 0 Å². The zero-order valence-electron chi connectivity index (χ0n) is 6.78. The highest BCUT2D eigenvalue weighted by Gasteiger charge is 2.25.